The molecule has 1 N–H and O–H groups in total. The van der Waals surface area contributed by atoms with Crippen molar-refractivity contribution in [2.75, 3.05) is 13.2 Å². The summed E-state index contributed by atoms with van der Waals surface area (Å²) in [5.74, 6) is 0.731. The topological polar surface area (TPSA) is 29.5 Å². The lowest BCUT2D eigenvalue weighted by Gasteiger charge is -2.37. The minimum Gasteiger partial charge on any atom is -0.390 e. The van der Waals surface area contributed by atoms with E-state index in [9.17, 15) is 5.11 Å². The highest BCUT2D eigenvalue weighted by molar-refractivity contribution is 4.88. The second-order valence-corrected chi connectivity index (χ2v) is 4.35. The van der Waals surface area contributed by atoms with Crippen molar-refractivity contribution in [3.63, 3.8) is 0 Å². The third-order valence-corrected chi connectivity index (χ3v) is 3.33. The van der Waals surface area contributed by atoms with Gasteiger partial charge in [-0.15, -0.1) is 0 Å². The van der Waals surface area contributed by atoms with Crippen LogP contribution in [-0.2, 0) is 4.74 Å². The standard InChI is InChI=1S/C10H18O2/c11-10(4-1-5-10)6-2-9-3-7-12-8-9/h9,11H,1-8H2. The van der Waals surface area contributed by atoms with Crippen LogP contribution in [0.4, 0.5) is 0 Å². The van der Waals surface area contributed by atoms with Crippen molar-refractivity contribution in [2.45, 2.75) is 44.1 Å². The largest absolute Gasteiger partial charge is 0.390 e. The summed E-state index contributed by atoms with van der Waals surface area (Å²) in [6.45, 7) is 1.86. The molecule has 2 aliphatic rings. The van der Waals surface area contributed by atoms with Crippen molar-refractivity contribution in [2.24, 2.45) is 5.92 Å². The van der Waals surface area contributed by atoms with Crippen molar-refractivity contribution in [1.29, 1.82) is 0 Å². The van der Waals surface area contributed by atoms with Crippen LogP contribution in [0.2, 0.25) is 0 Å². The van der Waals surface area contributed by atoms with Crippen molar-refractivity contribution < 1.29 is 9.84 Å². The maximum Gasteiger partial charge on any atom is 0.0648 e. The minimum absolute atomic E-state index is 0.275. The molecule has 0 bridgehead atoms. The fraction of sp³-hybridized carbons (Fsp3) is 1.00. The Kier molecular flexibility index (Phi) is 2.37. The number of aliphatic hydroxyl groups is 1. The summed E-state index contributed by atoms with van der Waals surface area (Å²) >= 11 is 0. The second-order valence-electron chi connectivity index (χ2n) is 4.35. The van der Waals surface area contributed by atoms with Crippen LogP contribution in [0.25, 0.3) is 0 Å². The van der Waals surface area contributed by atoms with E-state index in [1.165, 1.54) is 12.8 Å². The molecule has 1 saturated heterocycles. The lowest BCUT2D eigenvalue weighted by Crippen LogP contribution is -2.37. The van der Waals surface area contributed by atoms with Gasteiger partial charge in [-0.2, -0.15) is 0 Å². The van der Waals surface area contributed by atoms with Crippen molar-refractivity contribution >= 4 is 0 Å². The average molecular weight is 170 g/mol. The normalized spacial score (nSPS) is 33.2. The molecule has 1 unspecified atom stereocenters. The van der Waals surface area contributed by atoms with Crippen molar-refractivity contribution in [3.05, 3.63) is 0 Å². The zero-order chi connectivity index (χ0) is 8.44. The Morgan fingerprint density at radius 1 is 1.42 bits per heavy atom. The van der Waals surface area contributed by atoms with E-state index in [0.717, 1.165) is 44.8 Å². The SMILES string of the molecule is OC1(CCC2CCOC2)CCC1. The van der Waals surface area contributed by atoms with Gasteiger partial charge in [0.2, 0.25) is 0 Å². The minimum atomic E-state index is -0.275. The van der Waals surface area contributed by atoms with Crippen LogP contribution in [0, 0.1) is 5.92 Å². The molecule has 2 heteroatoms. The van der Waals surface area contributed by atoms with Crippen molar-refractivity contribution in [1.82, 2.24) is 0 Å². The molecule has 0 amide bonds. The predicted molar refractivity (Wildman–Crippen MR) is 47.0 cm³/mol. The molecule has 0 aromatic heterocycles. The summed E-state index contributed by atoms with van der Waals surface area (Å²) < 4.78 is 5.29. The molecule has 2 fully saturated rings. The number of ether oxygens (including phenoxy) is 1. The van der Waals surface area contributed by atoms with Gasteiger partial charge in [-0.1, -0.05) is 0 Å². The Hall–Kier alpha value is -0.0800. The molecule has 0 aromatic carbocycles. The molecule has 0 spiro atoms. The number of hydrogen-bond acceptors (Lipinski definition) is 2. The Bertz CT molecular complexity index is 146. The third-order valence-electron chi connectivity index (χ3n) is 3.33. The average Bonchev–Trinajstić information content (AvgIpc) is 2.49. The molecular formula is C10H18O2. The predicted octanol–water partition coefficient (Wildman–Crippen LogP) is 1.72. The summed E-state index contributed by atoms with van der Waals surface area (Å²) in [4.78, 5) is 0. The van der Waals surface area contributed by atoms with Crippen molar-refractivity contribution in [3.8, 4) is 0 Å². The van der Waals surface area contributed by atoms with Gasteiger partial charge in [-0.05, 0) is 44.4 Å². The second kappa shape index (κ2) is 3.35. The van der Waals surface area contributed by atoms with Crippen LogP contribution in [0.15, 0.2) is 0 Å². The van der Waals surface area contributed by atoms with E-state index in [0.29, 0.717) is 0 Å². The van der Waals surface area contributed by atoms with Crippen LogP contribution in [0.5, 0.6) is 0 Å². The molecule has 2 rings (SSSR count). The van der Waals surface area contributed by atoms with E-state index >= 15 is 0 Å². The van der Waals surface area contributed by atoms with E-state index < -0.39 is 0 Å². The Morgan fingerprint density at radius 3 is 2.75 bits per heavy atom. The van der Waals surface area contributed by atoms with E-state index in [2.05, 4.69) is 0 Å². The summed E-state index contributed by atoms with van der Waals surface area (Å²) in [5, 5.41) is 9.83. The molecule has 1 atom stereocenters. The quantitative estimate of drug-likeness (QED) is 0.698. The van der Waals surface area contributed by atoms with E-state index in [1.54, 1.807) is 0 Å². The maximum absolute atomic E-state index is 9.83. The molecule has 1 saturated carbocycles. The molecule has 12 heavy (non-hydrogen) atoms. The number of hydrogen-bond donors (Lipinski definition) is 1. The lowest BCUT2D eigenvalue weighted by molar-refractivity contribution is -0.0447. The van der Waals surface area contributed by atoms with Gasteiger partial charge >= 0.3 is 0 Å². The highest BCUT2D eigenvalue weighted by atomic mass is 16.5. The highest BCUT2D eigenvalue weighted by Gasteiger charge is 2.34. The molecule has 2 nitrogen and oxygen atoms in total. The first-order chi connectivity index (χ1) is 5.79. The Labute approximate surface area is 73.9 Å². The third kappa shape index (κ3) is 1.80. The lowest BCUT2D eigenvalue weighted by atomic mass is 9.76. The van der Waals surface area contributed by atoms with E-state index in [1.807, 2.05) is 0 Å². The molecule has 0 radical (unpaired) electrons. The fourth-order valence-corrected chi connectivity index (χ4v) is 2.12. The van der Waals surface area contributed by atoms with Crippen LogP contribution >= 0.6 is 0 Å². The van der Waals surface area contributed by atoms with Crippen LogP contribution in [0.3, 0.4) is 0 Å². The molecular weight excluding hydrogens is 152 g/mol. The summed E-state index contributed by atoms with van der Waals surface area (Å²) in [6.07, 6.45) is 6.65. The number of rotatable bonds is 3. The smallest absolute Gasteiger partial charge is 0.0648 e. The van der Waals surface area contributed by atoms with Gasteiger partial charge in [-0.25, -0.2) is 0 Å². The molecule has 1 aliphatic carbocycles. The molecule has 1 heterocycles. The van der Waals surface area contributed by atoms with Gasteiger partial charge in [-0.3, -0.25) is 0 Å². The monoisotopic (exact) mass is 170 g/mol. The maximum atomic E-state index is 9.83. The van der Waals surface area contributed by atoms with Crippen LogP contribution in [-0.4, -0.2) is 23.9 Å². The molecule has 1 aliphatic heterocycles. The van der Waals surface area contributed by atoms with Gasteiger partial charge in [0.15, 0.2) is 0 Å². The van der Waals surface area contributed by atoms with Gasteiger partial charge in [0, 0.05) is 13.2 Å². The summed E-state index contributed by atoms with van der Waals surface area (Å²) in [5.41, 5.74) is -0.275. The highest BCUT2D eigenvalue weighted by Crippen LogP contribution is 2.37. The first kappa shape index (κ1) is 8.52. The van der Waals surface area contributed by atoms with Gasteiger partial charge in [0.1, 0.15) is 0 Å². The Balaban J connectivity index is 1.67. The van der Waals surface area contributed by atoms with Crippen LogP contribution in [0.1, 0.15) is 38.5 Å². The zero-order valence-electron chi connectivity index (χ0n) is 7.59. The van der Waals surface area contributed by atoms with Crippen LogP contribution < -0.4 is 0 Å². The first-order valence-electron chi connectivity index (χ1n) is 5.09. The van der Waals surface area contributed by atoms with Gasteiger partial charge < -0.3 is 9.84 Å². The Morgan fingerprint density at radius 2 is 2.25 bits per heavy atom. The zero-order valence-corrected chi connectivity index (χ0v) is 7.59. The summed E-state index contributed by atoms with van der Waals surface area (Å²) in [7, 11) is 0. The van der Waals surface area contributed by atoms with Gasteiger partial charge in [0.25, 0.3) is 0 Å². The summed E-state index contributed by atoms with van der Waals surface area (Å²) in [6, 6.07) is 0. The molecule has 0 aromatic rings. The van der Waals surface area contributed by atoms with E-state index in [4.69, 9.17) is 4.74 Å². The molecule has 70 valence electrons. The van der Waals surface area contributed by atoms with Gasteiger partial charge in [0.05, 0.1) is 5.60 Å². The first-order valence-corrected chi connectivity index (χ1v) is 5.09. The fourth-order valence-electron chi connectivity index (χ4n) is 2.12. The van der Waals surface area contributed by atoms with E-state index in [-0.39, 0.29) is 5.60 Å².